The lowest BCUT2D eigenvalue weighted by atomic mass is 10.1. The molecule has 0 unspecified atom stereocenters. The molecule has 0 bridgehead atoms. The SMILES string of the molecule is CCOC(=O)Cc1ccccc1Sc1ccc(Br)cc1. The molecule has 0 aliphatic heterocycles. The molecule has 2 nitrogen and oxygen atoms in total. The zero-order valence-electron chi connectivity index (χ0n) is 11.1. The Kier molecular flexibility index (Phi) is 5.68. The van der Waals surface area contributed by atoms with Gasteiger partial charge >= 0.3 is 5.97 Å². The Bertz CT molecular complexity index is 581. The smallest absolute Gasteiger partial charge is 0.310 e. The van der Waals surface area contributed by atoms with Crippen LogP contribution in [0, 0.1) is 0 Å². The molecule has 0 radical (unpaired) electrons. The van der Waals surface area contributed by atoms with Crippen molar-refractivity contribution in [2.75, 3.05) is 6.61 Å². The Hall–Kier alpha value is -1.26. The minimum absolute atomic E-state index is 0.184. The van der Waals surface area contributed by atoms with Crippen molar-refractivity contribution in [1.29, 1.82) is 0 Å². The number of hydrogen-bond acceptors (Lipinski definition) is 3. The van der Waals surface area contributed by atoms with Crippen molar-refractivity contribution in [2.24, 2.45) is 0 Å². The van der Waals surface area contributed by atoms with Crippen molar-refractivity contribution in [3.8, 4) is 0 Å². The summed E-state index contributed by atoms with van der Waals surface area (Å²) in [5.74, 6) is -0.184. The number of benzene rings is 2. The minimum atomic E-state index is -0.184. The van der Waals surface area contributed by atoms with Crippen LogP contribution in [-0.4, -0.2) is 12.6 Å². The first-order valence-corrected chi connectivity index (χ1v) is 7.97. The van der Waals surface area contributed by atoms with Crippen LogP contribution in [0.3, 0.4) is 0 Å². The summed E-state index contributed by atoms with van der Waals surface area (Å²) in [6, 6.07) is 16.0. The predicted octanol–water partition coefficient (Wildman–Crippen LogP) is 4.71. The zero-order valence-corrected chi connectivity index (χ0v) is 13.5. The van der Waals surface area contributed by atoms with Gasteiger partial charge in [-0.1, -0.05) is 45.9 Å². The topological polar surface area (TPSA) is 26.3 Å². The lowest BCUT2D eigenvalue weighted by Crippen LogP contribution is -2.08. The van der Waals surface area contributed by atoms with Gasteiger partial charge in [-0.3, -0.25) is 4.79 Å². The van der Waals surface area contributed by atoms with Crippen molar-refractivity contribution in [3.63, 3.8) is 0 Å². The summed E-state index contributed by atoms with van der Waals surface area (Å²) < 4.78 is 6.07. The monoisotopic (exact) mass is 350 g/mol. The van der Waals surface area contributed by atoms with E-state index in [1.165, 1.54) is 0 Å². The van der Waals surface area contributed by atoms with E-state index in [0.29, 0.717) is 13.0 Å². The Morgan fingerprint density at radius 3 is 2.55 bits per heavy atom. The molecule has 104 valence electrons. The van der Waals surface area contributed by atoms with Crippen molar-refractivity contribution >= 4 is 33.7 Å². The van der Waals surface area contributed by atoms with Gasteiger partial charge in [0.25, 0.3) is 0 Å². The second-order valence-electron chi connectivity index (χ2n) is 4.15. The Balaban J connectivity index is 2.15. The van der Waals surface area contributed by atoms with Crippen LogP contribution in [0.5, 0.6) is 0 Å². The molecule has 0 heterocycles. The fraction of sp³-hybridized carbons (Fsp3) is 0.188. The summed E-state index contributed by atoms with van der Waals surface area (Å²) in [7, 11) is 0. The van der Waals surface area contributed by atoms with Gasteiger partial charge in [-0.2, -0.15) is 0 Å². The third-order valence-corrected chi connectivity index (χ3v) is 4.31. The first-order chi connectivity index (χ1) is 9.69. The lowest BCUT2D eigenvalue weighted by molar-refractivity contribution is -0.142. The number of rotatable bonds is 5. The van der Waals surface area contributed by atoms with Crippen molar-refractivity contribution in [2.45, 2.75) is 23.1 Å². The van der Waals surface area contributed by atoms with Gasteiger partial charge in [-0.05, 0) is 42.8 Å². The molecule has 0 spiro atoms. The molecule has 2 rings (SSSR count). The zero-order chi connectivity index (χ0) is 14.4. The summed E-state index contributed by atoms with van der Waals surface area (Å²) in [6.07, 6.45) is 0.313. The maximum Gasteiger partial charge on any atom is 0.310 e. The summed E-state index contributed by atoms with van der Waals surface area (Å²) >= 11 is 5.08. The van der Waals surface area contributed by atoms with E-state index < -0.39 is 0 Å². The van der Waals surface area contributed by atoms with Crippen molar-refractivity contribution in [1.82, 2.24) is 0 Å². The quantitative estimate of drug-likeness (QED) is 0.730. The summed E-state index contributed by atoms with van der Waals surface area (Å²) in [5.41, 5.74) is 0.999. The highest BCUT2D eigenvalue weighted by Crippen LogP contribution is 2.31. The third kappa shape index (κ3) is 4.39. The van der Waals surface area contributed by atoms with Crippen LogP contribution < -0.4 is 0 Å². The van der Waals surface area contributed by atoms with Crippen LogP contribution in [0.4, 0.5) is 0 Å². The number of hydrogen-bond donors (Lipinski definition) is 0. The van der Waals surface area contributed by atoms with E-state index in [1.54, 1.807) is 11.8 Å². The van der Waals surface area contributed by atoms with E-state index in [-0.39, 0.29) is 5.97 Å². The molecule has 0 aliphatic carbocycles. The van der Waals surface area contributed by atoms with Gasteiger partial charge in [0.05, 0.1) is 13.0 Å². The van der Waals surface area contributed by atoms with Gasteiger partial charge in [0, 0.05) is 14.3 Å². The molecule has 0 aromatic heterocycles. The van der Waals surface area contributed by atoms with Crippen molar-refractivity contribution in [3.05, 3.63) is 58.6 Å². The minimum Gasteiger partial charge on any atom is -0.466 e. The fourth-order valence-corrected chi connectivity index (χ4v) is 2.95. The molecule has 0 amide bonds. The number of carbonyl (C=O) groups is 1. The van der Waals surface area contributed by atoms with Crippen LogP contribution in [-0.2, 0) is 16.0 Å². The molecular weight excluding hydrogens is 336 g/mol. The fourth-order valence-electron chi connectivity index (χ4n) is 1.75. The van der Waals surface area contributed by atoms with Crippen molar-refractivity contribution < 1.29 is 9.53 Å². The molecule has 0 fully saturated rings. The summed E-state index contributed by atoms with van der Waals surface area (Å²) in [6.45, 7) is 2.24. The third-order valence-electron chi connectivity index (χ3n) is 2.65. The largest absolute Gasteiger partial charge is 0.466 e. The van der Waals surface area contributed by atoms with Gasteiger partial charge in [0.2, 0.25) is 0 Å². The standard InChI is InChI=1S/C16H15BrO2S/c1-2-19-16(18)11-12-5-3-4-6-15(12)20-14-9-7-13(17)8-10-14/h3-10H,2,11H2,1H3. The Labute approximate surface area is 131 Å². The molecule has 2 aromatic rings. The van der Waals surface area contributed by atoms with E-state index in [9.17, 15) is 4.79 Å². The maximum atomic E-state index is 11.6. The molecule has 0 N–H and O–H groups in total. The molecule has 0 saturated carbocycles. The Morgan fingerprint density at radius 2 is 1.85 bits per heavy atom. The number of carbonyl (C=O) groups excluding carboxylic acids is 1. The second kappa shape index (κ2) is 7.50. The highest BCUT2D eigenvalue weighted by atomic mass is 79.9. The van der Waals surface area contributed by atoms with Crippen LogP contribution in [0.25, 0.3) is 0 Å². The van der Waals surface area contributed by atoms with Gasteiger partial charge in [-0.25, -0.2) is 0 Å². The van der Waals surface area contributed by atoms with E-state index in [1.807, 2.05) is 43.3 Å². The van der Waals surface area contributed by atoms with Crippen LogP contribution in [0.15, 0.2) is 62.8 Å². The number of ether oxygens (including phenoxy) is 1. The molecule has 4 heteroatoms. The molecule has 2 aromatic carbocycles. The number of halogens is 1. The van der Waals surface area contributed by atoms with E-state index in [4.69, 9.17) is 4.74 Å². The Morgan fingerprint density at radius 1 is 1.15 bits per heavy atom. The molecule has 0 atom stereocenters. The summed E-state index contributed by atoms with van der Waals surface area (Å²) in [4.78, 5) is 13.9. The van der Waals surface area contributed by atoms with Gasteiger partial charge in [0.1, 0.15) is 0 Å². The highest BCUT2D eigenvalue weighted by Gasteiger charge is 2.09. The predicted molar refractivity (Wildman–Crippen MR) is 85.0 cm³/mol. The molecule has 0 aliphatic rings. The maximum absolute atomic E-state index is 11.6. The van der Waals surface area contributed by atoms with Crippen LogP contribution >= 0.6 is 27.7 Å². The average molecular weight is 351 g/mol. The van der Waals surface area contributed by atoms with Gasteiger partial charge in [0.15, 0.2) is 0 Å². The first-order valence-electron chi connectivity index (χ1n) is 6.36. The van der Waals surface area contributed by atoms with E-state index in [2.05, 4.69) is 28.1 Å². The first kappa shape index (κ1) is 15.1. The lowest BCUT2D eigenvalue weighted by Gasteiger charge is -2.09. The second-order valence-corrected chi connectivity index (χ2v) is 6.18. The average Bonchev–Trinajstić information content (AvgIpc) is 2.44. The van der Waals surface area contributed by atoms with Gasteiger partial charge < -0.3 is 4.74 Å². The van der Waals surface area contributed by atoms with E-state index in [0.717, 1.165) is 19.8 Å². The van der Waals surface area contributed by atoms with Crippen LogP contribution in [0.2, 0.25) is 0 Å². The molecular formula is C16H15BrO2S. The van der Waals surface area contributed by atoms with Crippen LogP contribution in [0.1, 0.15) is 12.5 Å². The van der Waals surface area contributed by atoms with Gasteiger partial charge in [-0.15, -0.1) is 0 Å². The molecule has 0 saturated heterocycles. The number of esters is 1. The highest BCUT2D eigenvalue weighted by molar-refractivity contribution is 9.10. The summed E-state index contributed by atoms with van der Waals surface area (Å²) in [5, 5.41) is 0. The molecule has 20 heavy (non-hydrogen) atoms. The van der Waals surface area contributed by atoms with E-state index >= 15 is 0 Å². The normalized spacial score (nSPS) is 10.3.